The Morgan fingerprint density at radius 1 is 1.13 bits per heavy atom. The number of nitrogens with one attached hydrogen (secondary N) is 2. The van der Waals surface area contributed by atoms with Gasteiger partial charge in [-0.25, -0.2) is 9.18 Å². The highest BCUT2D eigenvalue weighted by atomic mass is 32.1. The molecule has 2 aliphatic rings. The third-order valence-electron chi connectivity index (χ3n) is 5.30. The van der Waals surface area contributed by atoms with Gasteiger partial charge >= 0.3 is 6.03 Å². The number of aromatic nitrogens is 1. The van der Waals surface area contributed by atoms with Gasteiger partial charge in [-0.2, -0.15) is 0 Å². The molecule has 5 rings (SSSR count). The number of likely N-dealkylation sites (tertiary alicyclic amines) is 1. The number of amides is 3. The molecule has 9 heteroatoms. The van der Waals surface area contributed by atoms with Gasteiger partial charge in [0.2, 0.25) is 0 Å². The minimum atomic E-state index is -0.598. The minimum Gasteiger partial charge on any atom is -0.453 e. The van der Waals surface area contributed by atoms with Crippen molar-refractivity contribution in [3.8, 4) is 11.5 Å². The second-order valence-electron chi connectivity index (χ2n) is 7.75. The second-order valence-corrected chi connectivity index (χ2v) is 8.81. The van der Waals surface area contributed by atoms with E-state index >= 15 is 0 Å². The van der Waals surface area contributed by atoms with Gasteiger partial charge in [-0.3, -0.25) is 9.78 Å². The van der Waals surface area contributed by atoms with E-state index in [2.05, 4.69) is 15.6 Å². The van der Waals surface area contributed by atoms with Crippen LogP contribution in [0.2, 0.25) is 0 Å². The number of carbonyl (C=O) groups excluding carboxylic acids is 2. The number of benzene rings is 1. The van der Waals surface area contributed by atoms with Gasteiger partial charge in [0.05, 0.1) is 15.1 Å². The van der Waals surface area contributed by atoms with Crippen LogP contribution in [-0.2, 0) is 0 Å². The molecule has 1 aliphatic heterocycles. The molecule has 3 aromatic rings. The maximum Gasteiger partial charge on any atom is 0.319 e. The highest BCUT2D eigenvalue weighted by Crippen LogP contribution is 2.36. The first-order chi connectivity index (χ1) is 15.1. The lowest BCUT2D eigenvalue weighted by Gasteiger charge is -2.13. The Hall–Kier alpha value is -3.20. The zero-order chi connectivity index (χ0) is 21.4. The van der Waals surface area contributed by atoms with Gasteiger partial charge in [0.15, 0.2) is 11.6 Å². The molecule has 7 nitrogen and oxygen atoms in total. The molecule has 0 spiro atoms. The molecule has 1 saturated heterocycles. The van der Waals surface area contributed by atoms with Crippen molar-refractivity contribution in [2.75, 3.05) is 18.4 Å². The molecule has 3 heterocycles. The van der Waals surface area contributed by atoms with Crippen molar-refractivity contribution >= 4 is 39.2 Å². The van der Waals surface area contributed by atoms with Crippen molar-refractivity contribution in [3.05, 3.63) is 47.2 Å². The summed E-state index contributed by atoms with van der Waals surface area (Å²) in [6.45, 7) is 1.54. The zero-order valence-electron chi connectivity index (χ0n) is 16.7. The Bertz CT molecular complexity index is 1150. The van der Waals surface area contributed by atoms with E-state index in [9.17, 15) is 14.0 Å². The number of carbonyl (C=O) groups is 2. The van der Waals surface area contributed by atoms with Crippen LogP contribution < -0.4 is 15.4 Å². The number of rotatable bonds is 5. The Morgan fingerprint density at radius 2 is 1.94 bits per heavy atom. The first-order valence-corrected chi connectivity index (χ1v) is 11.1. The van der Waals surface area contributed by atoms with Crippen molar-refractivity contribution in [3.63, 3.8) is 0 Å². The van der Waals surface area contributed by atoms with E-state index in [4.69, 9.17) is 4.74 Å². The standard InChI is InChI=1S/C22H21FN4O3S/c23-15-11-14(26-22(29)25-13-3-4-13)5-6-17(15)30-18-7-8-24-16-12-19(31-20(16)18)21(28)27-9-1-2-10-27/h5-8,11-13H,1-4,9-10H2,(H2,25,26,29). The number of thiophene rings is 1. The van der Waals surface area contributed by atoms with E-state index in [1.807, 2.05) is 4.90 Å². The summed E-state index contributed by atoms with van der Waals surface area (Å²) in [6.07, 6.45) is 5.57. The maximum absolute atomic E-state index is 14.6. The predicted molar refractivity (Wildman–Crippen MR) is 116 cm³/mol. The zero-order valence-corrected chi connectivity index (χ0v) is 17.5. The Labute approximate surface area is 182 Å². The summed E-state index contributed by atoms with van der Waals surface area (Å²) >= 11 is 1.30. The third kappa shape index (κ3) is 4.32. The summed E-state index contributed by atoms with van der Waals surface area (Å²) in [5.74, 6) is -0.139. The molecule has 160 valence electrons. The third-order valence-corrected chi connectivity index (χ3v) is 6.43. The molecule has 3 amide bonds. The Morgan fingerprint density at radius 3 is 2.68 bits per heavy atom. The van der Waals surface area contributed by atoms with E-state index in [0.29, 0.717) is 26.5 Å². The summed E-state index contributed by atoms with van der Waals surface area (Å²) in [4.78, 5) is 31.3. The summed E-state index contributed by atoms with van der Waals surface area (Å²) in [5, 5.41) is 5.41. The van der Waals surface area contributed by atoms with Gasteiger partial charge in [0.1, 0.15) is 5.75 Å². The molecule has 2 N–H and O–H groups in total. The van der Waals surface area contributed by atoms with Crippen LogP contribution in [0, 0.1) is 5.82 Å². The van der Waals surface area contributed by atoms with Crippen molar-refractivity contribution in [1.29, 1.82) is 0 Å². The van der Waals surface area contributed by atoms with Gasteiger partial charge in [0, 0.05) is 43.1 Å². The van der Waals surface area contributed by atoms with Crippen LogP contribution in [0.3, 0.4) is 0 Å². The lowest BCUT2D eigenvalue weighted by atomic mass is 10.3. The van der Waals surface area contributed by atoms with Crippen LogP contribution in [0.1, 0.15) is 35.4 Å². The van der Waals surface area contributed by atoms with E-state index in [-0.39, 0.29) is 23.7 Å². The molecule has 1 aliphatic carbocycles. The number of fused-ring (bicyclic) bond motifs is 1. The summed E-state index contributed by atoms with van der Waals surface area (Å²) in [7, 11) is 0. The molecule has 2 fully saturated rings. The fourth-order valence-corrected chi connectivity index (χ4v) is 4.57. The van der Waals surface area contributed by atoms with Gasteiger partial charge in [-0.05, 0) is 43.9 Å². The van der Waals surface area contributed by atoms with Crippen molar-refractivity contribution in [2.24, 2.45) is 0 Å². The van der Waals surface area contributed by atoms with Crippen LogP contribution in [0.5, 0.6) is 11.5 Å². The van der Waals surface area contributed by atoms with Crippen LogP contribution >= 0.6 is 11.3 Å². The molecule has 1 aromatic carbocycles. The molecule has 1 saturated carbocycles. The molecule has 31 heavy (non-hydrogen) atoms. The quantitative estimate of drug-likeness (QED) is 0.600. The number of urea groups is 1. The molecular weight excluding hydrogens is 419 g/mol. The van der Waals surface area contributed by atoms with Gasteiger partial charge in [-0.1, -0.05) is 0 Å². The van der Waals surface area contributed by atoms with Gasteiger partial charge in [-0.15, -0.1) is 11.3 Å². The minimum absolute atomic E-state index is 0.00229. The van der Waals surface area contributed by atoms with Crippen molar-refractivity contribution in [2.45, 2.75) is 31.7 Å². The van der Waals surface area contributed by atoms with Gasteiger partial charge < -0.3 is 20.3 Å². The lowest BCUT2D eigenvalue weighted by molar-refractivity contribution is 0.0797. The van der Waals surface area contributed by atoms with Crippen LogP contribution in [0.25, 0.3) is 10.2 Å². The number of nitrogens with zero attached hydrogens (tertiary/aromatic N) is 2. The van der Waals surface area contributed by atoms with E-state index in [1.165, 1.54) is 23.5 Å². The normalized spacial score (nSPS) is 15.8. The van der Waals surface area contributed by atoms with Crippen molar-refractivity contribution in [1.82, 2.24) is 15.2 Å². The molecular formula is C22H21FN4O3S. The number of anilines is 1. The number of pyridine rings is 1. The topological polar surface area (TPSA) is 83.6 Å². The average Bonchev–Trinajstić information content (AvgIpc) is 3.23. The SMILES string of the molecule is O=C(Nc1ccc(Oc2ccnc3cc(C(=O)N4CCCC4)sc23)c(F)c1)NC1CC1. The molecule has 0 bridgehead atoms. The summed E-state index contributed by atoms with van der Waals surface area (Å²) in [5.41, 5.74) is 0.984. The average molecular weight is 441 g/mol. The van der Waals surface area contributed by atoms with Crippen LogP contribution in [0.4, 0.5) is 14.9 Å². The van der Waals surface area contributed by atoms with E-state index < -0.39 is 5.82 Å². The van der Waals surface area contributed by atoms with Gasteiger partial charge in [0.25, 0.3) is 5.91 Å². The first kappa shape index (κ1) is 19.7. The predicted octanol–water partition coefficient (Wildman–Crippen LogP) is 4.75. The second kappa shape index (κ2) is 8.14. The number of ether oxygens (including phenoxy) is 1. The highest BCUT2D eigenvalue weighted by molar-refractivity contribution is 7.21. The highest BCUT2D eigenvalue weighted by Gasteiger charge is 2.24. The summed E-state index contributed by atoms with van der Waals surface area (Å²) in [6, 6.07) is 7.55. The number of hydrogen-bond donors (Lipinski definition) is 2. The largest absolute Gasteiger partial charge is 0.453 e. The van der Waals surface area contributed by atoms with Crippen LogP contribution in [-0.4, -0.2) is 41.0 Å². The monoisotopic (exact) mass is 440 g/mol. The smallest absolute Gasteiger partial charge is 0.319 e. The van der Waals surface area contributed by atoms with Crippen LogP contribution in [0.15, 0.2) is 36.5 Å². The fourth-order valence-electron chi connectivity index (χ4n) is 3.54. The summed E-state index contributed by atoms with van der Waals surface area (Å²) < 4.78 is 21.1. The Kier molecular flexibility index (Phi) is 5.19. The molecule has 0 radical (unpaired) electrons. The molecule has 0 unspecified atom stereocenters. The van der Waals surface area contributed by atoms with E-state index in [0.717, 1.165) is 38.8 Å². The van der Waals surface area contributed by atoms with E-state index in [1.54, 1.807) is 24.4 Å². The number of halogens is 1. The fraction of sp³-hybridized carbons (Fsp3) is 0.318. The lowest BCUT2D eigenvalue weighted by Crippen LogP contribution is -2.30. The first-order valence-electron chi connectivity index (χ1n) is 10.3. The molecule has 0 atom stereocenters. The molecule has 2 aromatic heterocycles. The van der Waals surface area contributed by atoms with Crippen molar-refractivity contribution < 1.29 is 18.7 Å². The number of hydrogen-bond acceptors (Lipinski definition) is 5. The Balaban J connectivity index is 1.34. The maximum atomic E-state index is 14.6.